The van der Waals surface area contributed by atoms with E-state index in [9.17, 15) is 0 Å². The lowest BCUT2D eigenvalue weighted by Crippen LogP contribution is -2.42. The highest BCUT2D eigenvalue weighted by Gasteiger charge is 2.36. The van der Waals surface area contributed by atoms with E-state index in [2.05, 4.69) is 10.9 Å². The largest absolute Gasteiger partial charge is 0.500 e. The molecule has 0 heterocycles. The summed E-state index contributed by atoms with van der Waals surface area (Å²) in [6.07, 6.45) is 5.79. The van der Waals surface area contributed by atoms with Crippen LogP contribution in [0.15, 0.2) is 4.99 Å². The van der Waals surface area contributed by atoms with Gasteiger partial charge in [-0.05, 0) is 13.3 Å². The van der Waals surface area contributed by atoms with Crippen molar-refractivity contribution < 1.29 is 27.8 Å². The number of rotatable bonds is 10. The van der Waals surface area contributed by atoms with Crippen LogP contribution in [0.3, 0.4) is 0 Å². The summed E-state index contributed by atoms with van der Waals surface area (Å²) in [5, 5.41) is 0. The molecule has 0 aliphatic heterocycles. The Morgan fingerprint density at radius 3 is 2.35 bits per heavy atom. The molecule has 0 aliphatic carbocycles. The Morgan fingerprint density at radius 1 is 1.20 bits per heavy atom. The molecule has 0 aliphatic rings. The molecule has 0 unspecified atom stereocenters. The molecule has 0 spiro atoms. The molecule has 0 aromatic carbocycles. The second-order valence-corrected chi connectivity index (χ2v) is 6.62. The first-order valence-corrected chi connectivity index (χ1v) is 8.16. The molecule has 0 amide bonds. The fraction of sp³-hybridized carbons (Fsp3) is 0.750. The van der Waals surface area contributed by atoms with Crippen LogP contribution in [0.1, 0.15) is 13.3 Å². The van der Waals surface area contributed by atoms with Gasteiger partial charge in [0.05, 0.1) is 6.61 Å². The highest BCUT2D eigenvalue weighted by Crippen LogP contribution is 2.14. The lowest BCUT2D eigenvalue weighted by Gasteiger charge is -2.23. The van der Waals surface area contributed by atoms with Crippen molar-refractivity contribution in [1.29, 1.82) is 0 Å². The summed E-state index contributed by atoms with van der Waals surface area (Å²) in [5.74, 6) is 2.27. The SMILES string of the molecule is C#CCOOC(=NCCC[Si](OC)(OC)OC)OCC. The molecule has 8 heteroatoms. The summed E-state index contributed by atoms with van der Waals surface area (Å²) < 4.78 is 21.1. The zero-order valence-corrected chi connectivity index (χ0v) is 13.5. The van der Waals surface area contributed by atoms with Gasteiger partial charge in [-0.2, -0.15) is 4.89 Å². The smallest absolute Gasteiger partial charge is 0.449 e. The zero-order chi connectivity index (χ0) is 15.3. The Morgan fingerprint density at radius 2 is 1.85 bits per heavy atom. The van der Waals surface area contributed by atoms with Crippen LogP contribution in [0.2, 0.25) is 6.04 Å². The lowest BCUT2D eigenvalue weighted by molar-refractivity contribution is -0.226. The molecule has 7 nitrogen and oxygen atoms in total. The Labute approximate surface area is 121 Å². The number of hydrogen-bond acceptors (Lipinski definition) is 7. The normalized spacial score (nSPS) is 12.1. The molecule has 0 rings (SSSR count). The van der Waals surface area contributed by atoms with Crippen molar-refractivity contribution in [1.82, 2.24) is 0 Å². The van der Waals surface area contributed by atoms with E-state index in [1.807, 2.05) is 6.92 Å². The Bertz CT molecular complexity index is 305. The van der Waals surface area contributed by atoms with Gasteiger partial charge in [0.2, 0.25) is 0 Å². The van der Waals surface area contributed by atoms with E-state index in [4.69, 9.17) is 34.2 Å². The van der Waals surface area contributed by atoms with E-state index in [1.54, 1.807) is 21.3 Å². The summed E-state index contributed by atoms with van der Waals surface area (Å²) in [7, 11) is 2.18. The molecule has 116 valence electrons. The first-order valence-electron chi connectivity index (χ1n) is 6.23. The minimum atomic E-state index is -2.55. The van der Waals surface area contributed by atoms with Crippen LogP contribution in [0.5, 0.6) is 0 Å². The van der Waals surface area contributed by atoms with Crippen molar-refractivity contribution in [3.63, 3.8) is 0 Å². The van der Waals surface area contributed by atoms with Crippen LogP contribution in [0.4, 0.5) is 0 Å². The van der Waals surface area contributed by atoms with Crippen molar-refractivity contribution >= 4 is 14.9 Å². The van der Waals surface area contributed by atoms with Crippen molar-refractivity contribution in [3.8, 4) is 12.3 Å². The van der Waals surface area contributed by atoms with Gasteiger partial charge < -0.3 is 18.0 Å². The molecule has 0 aromatic rings. The van der Waals surface area contributed by atoms with Crippen LogP contribution in [-0.4, -0.2) is 56.0 Å². The first kappa shape index (κ1) is 18.9. The van der Waals surface area contributed by atoms with Crippen LogP contribution >= 0.6 is 0 Å². The molecule has 0 aromatic heterocycles. The van der Waals surface area contributed by atoms with Gasteiger partial charge in [-0.15, -0.1) is 6.42 Å². The van der Waals surface area contributed by atoms with Crippen LogP contribution in [0, 0.1) is 12.3 Å². The molecular weight excluding hydrogens is 282 g/mol. The molecule has 0 N–H and O–H groups in total. The molecule has 0 fully saturated rings. The number of nitrogens with zero attached hydrogens (tertiary/aromatic N) is 1. The molecule has 0 saturated heterocycles. The molecule has 20 heavy (non-hydrogen) atoms. The monoisotopic (exact) mass is 305 g/mol. The van der Waals surface area contributed by atoms with E-state index in [0.29, 0.717) is 25.6 Å². The Balaban J connectivity index is 4.18. The summed E-state index contributed by atoms with van der Waals surface area (Å²) in [5.41, 5.74) is 0. The number of aliphatic imine (C=N–C) groups is 1. The maximum atomic E-state index is 5.31. The van der Waals surface area contributed by atoms with Gasteiger partial charge in [0, 0.05) is 33.9 Å². The van der Waals surface area contributed by atoms with Crippen LogP contribution < -0.4 is 0 Å². The molecule has 0 saturated carbocycles. The Kier molecular flexibility index (Phi) is 11.0. The zero-order valence-electron chi connectivity index (χ0n) is 12.5. The van der Waals surface area contributed by atoms with E-state index in [1.165, 1.54) is 0 Å². The standard InChI is InChI=1S/C12H23NO6Si/c1-6-10-18-19-12(17-7-2)13-9-8-11-20(14-3,15-4)16-5/h1H,7-11H2,2-5H3. The molecule has 0 bridgehead atoms. The number of hydrogen-bond donors (Lipinski definition) is 0. The predicted molar refractivity (Wildman–Crippen MR) is 76.0 cm³/mol. The van der Waals surface area contributed by atoms with Crippen molar-refractivity contribution in [2.45, 2.75) is 19.4 Å². The second kappa shape index (κ2) is 11.7. The van der Waals surface area contributed by atoms with E-state index >= 15 is 0 Å². The van der Waals surface area contributed by atoms with E-state index < -0.39 is 8.80 Å². The van der Waals surface area contributed by atoms with Crippen molar-refractivity contribution in [2.24, 2.45) is 4.99 Å². The van der Waals surface area contributed by atoms with Gasteiger partial charge in [-0.3, -0.25) is 4.89 Å². The fourth-order valence-electron chi connectivity index (χ4n) is 1.36. The summed E-state index contributed by atoms with van der Waals surface area (Å²) in [6.45, 7) is 2.74. The van der Waals surface area contributed by atoms with Gasteiger partial charge in [0.1, 0.15) is 0 Å². The van der Waals surface area contributed by atoms with Gasteiger partial charge in [-0.25, -0.2) is 4.99 Å². The third kappa shape index (κ3) is 7.47. The number of ether oxygens (including phenoxy) is 1. The fourth-order valence-corrected chi connectivity index (χ4v) is 3.06. The van der Waals surface area contributed by atoms with E-state index in [-0.39, 0.29) is 12.7 Å². The second-order valence-electron chi connectivity index (χ2n) is 3.53. The minimum Gasteiger partial charge on any atom is -0.449 e. The average Bonchev–Trinajstić information content (AvgIpc) is 2.48. The van der Waals surface area contributed by atoms with Gasteiger partial charge >= 0.3 is 14.9 Å². The maximum Gasteiger partial charge on any atom is 0.500 e. The summed E-state index contributed by atoms with van der Waals surface area (Å²) in [6, 6.07) is 0.643. The third-order valence-electron chi connectivity index (χ3n) is 2.36. The van der Waals surface area contributed by atoms with Gasteiger partial charge in [0.25, 0.3) is 0 Å². The summed E-state index contributed by atoms with van der Waals surface area (Å²) in [4.78, 5) is 13.7. The average molecular weight is 305 g/mol. The van der Waals surface area contributed by atoms with E-state index in [0.717, 1.165) is 0 Å². The molecule has 0 radical (unpaired) electrons. The molecule has 0 atom stereocenters. The topological polar surface area (TPSA) is 67.7 Å². The lowest BCUT2D eigenvalue weighted by atomic mass is 10.5. The van der Waals surface area contributed by atoms with Crippen LogP contribution in [0.25, 0.3) is 0 Å². The highest BCUT2D eigenvalue weighted by molar-refractivity contribution is 6.60. The predicted octanol–water partition coefficient (Wildman–Crippen LogP) is 1.23. The van der Waals surface area contributed by atoms with Crippen molar-refractivity contribution in [3.05, 3.63) is 0 Å². The Hall–Kier alpha value is -1.11. The highest BCUT2D eigenvalue weighted by atomic mass is 28.4. The van der Waals surface area contributed by atoms with Crippen molar-refractivity contribution in [2.75, 3.05) is 41.1 Å². The number of terminal acetylenes is 1. The van der Waals surface area contributed by atoms with Gasteiger partial charge in [-0.1, -0.05) is 5.92 Å². The first-order chi connectivity index (χ1) is 9.67. The quantitative estimate of drug-likeness (QED) is 0.115. The van der Waals surface area contributed by atoms with Gasteiger partial charge in [0.15, 0.2) is 6.61 Å². The third-order valence-corrected chi connectivity index (χ3v) is 5.19. The summed E-state index contributed by atoms with van der Waals surface area (Å²) >= 11 is 0. The maximum absolute atomic E-state index is 5.31. The molecular formula is C12H23NO6Si. The van der Waals surface area contributed by atoms with Crippen LogP contribution in [-0.2, 0) is 27.8 Å². The minimum absolute atomic E-state index is 0.0269.